The van der Waals surface area contributed by atoms with E-state index in [4.69, 9.17) is 15.2 Å². The first-order valence-electron chi connectivity index (χ1n) is 8.33. The monoisotopic (exact) mass is 354 g/mol. The number of nitrogens with two attached hydrogens (primary N) is 1. The van der Waals surface area contributed by atoms with Crippen LogP contribution in [0.4, 0.5) is 0 Å². The summed E-state index contributed by atoms with van der Waals surface area (Å²) in [5, 5.41) is 3.13. The molecule has 2 fully saturated rings. The van der Waals surface area contributed by atoms with Crippen LogP contribution in [0.1, 0.15) is 37.8 Å². The second kappa shape index (κ2) is 7.62. The zero-order chi connectivity index (χ0) is 16.6. The molecule has 134 valence electrons. The molecule has 5 unspecified atom stereocenters. The van der Waals surface area contributed by atoms with Crippen LogP contribution in [-0.4, -0.2) is 26.2 Å². The molecule has 0 saturated heterocycles. The molecule has 6 heteroatoms. The van der Waals surface area contributed by atoms with Crippen molar-refractivity contribution in [2.75, 3.05) is 14.2 Å². The molecule has 0 aliphatic heterocycles. The number of hydrogen-bond acceptors (Lipinski definition) is 4. The molecule has 1 aromatic rings. The highest BCUT2D eigenvalue weighted by Crippen LogP contribution is 2.47. The third kappa shape index (κ3) is 3.33. The molecule has 2 aliphatic carbocycles. The highest BCUT2D eigenvalue weighted by molar-refractivity contribution is 5.85. The van der Waals surface area contributed by atoms with Crippen molar-refractivity contribution >= 4 is 18.3 Å². The molecule has 0 radical (unpaired) electrons. The van der Waals surface area contributed by atoms with Gasteiger partial charge >= 0.3 is 0 Å². The molecule has 2 bridgehead atoms. The SMILES string of the molecule is COc1ccc(C(C)NC(=O)C2C3CCC(C3)C2N)cc1OC.Cl. The third-order valence-electron chi connectivity index (χ3n) is 5.55. The van der Waals surface area contributed by atoms with Gasteiger partial charge in [0, 0.05) is 6.04 Å². The maximum absolute atomic E-state index is 12.7. The summed E-state index contributed by atoms with van der Waals surface area (Å²) in [5.41, 5.74) is 7.26. The van der Waals surface area contributed by atoms with Gasteiger partial charge in [-0.2, -0.15) is 0 Å². The Balaban J connectivity index is 0.00000208. The molecule has 5 atom stereocenters. The average molecular weight is 355 g/mol. The first kappa shape index (κ1) is 18.9. The van der Waals surface area contributed by atoms with Crippen molar-refractivity contribution in [3.63, 3.8) is 0 Å². The Kier molecular flexibility index (Phi) is 5.99. The fourth-order valence-electron chi connectivity index (χ4n) is 4.24. The highest BCUT2D eigenvalue weighted by Gasteiger charge is 2.49. The van der Waals surface area contributed by atoms with Gasteiger partial charge in [0.05, 0.1) is 26.2 Å². The van der Waals surface area contributed by atoms with Gasteiger partial charge < -0.3 is 20.5 Å². The average Bonchev–Trinajstić information content (AvgIpc) is 3.14. The lowest BCUT2D eigenvalue weighted by Gasteiger charge is -2.28. The topological polar surface area (TPSA) is 73.6 Å². The summed E-state index contributed by atoms with van der Waals surface area (Å²) < 4.78 is 10.6. The van der Waals surface area contributed by atoms with E-state index in [9.17, 15) is 4.79 Å². The molecule has 3 rings (SSSR count). The fraction of sp³-hybridized carbons (Fsp3) is 0.611. The van der Waals surface area contributed by atoms with E-state index in [-0.39, 0.29) is 36.3 Å². The number of halogens is 1. The number of carbonyl (C=O) groups excluding carboxylic acids is 1. The molecule has 5 nitrogen and oxygen atoms in total. The highest BCUT2D eigenvalue weighted by atomic mass is 35.5. The van der Waals surface area contributed by atoms with Gasteiger partial charge in [-0.3, -0.25) is 4.79 Å². The van der Waals surface area contributed by atoms with Gasteiger partial charge in [-0.1, -0.05) is 6.07 Å². The van der Waals surface area contributed by atoms with Crippen LogP contribution >= 0.6 is 12.4 Å². The van der Waals surface area contributed by atoms with Crippen molar-refractivity contribution in [3.8, 4) is 11.5 Å². The van der Waals surface area contributed by atoms with Gasteiger partial charge in [0.1, 0.15) is 0 Å². The van der Waals surface area contributed by atoms with E-state index in [1.165, 1.54) is 6.42 Å². The number of carbonyl (C=O) groups is 1. The first-order valence-corrected chi connectivity index (χ1v) is 8.33. The van der Waals surface area contributed by atoms with E-state index in [2.05, 4.69) is 5.32 Å². The van der Waals surface area contributed by atoms with Crippen molar-refractivity contribution in [2.24, 2.45) is 23.5 Å². The smallest absolute Gasteiger partial charge is 0.225 e. The number of amides is 1. The van der Waals surface area contributed by atoms with Crippen LogP contribution in [0.3, 0.4) is 0 Å². The molecule has 2 aliphatic rings. The van der Waals surface area contributed by atoms with Gasteiger partial charge in [0.15, 0.2) is 11.5 Å². The number of hydrogen-bond donors (Lipinski definition) is 2. The minimum atomic E-state index is -0.0892. The lowest BCUT2D eigenvalue weighted by molar-refractivity contribution is -0.127. The fourth-order valence-corrected chi connectivity index (χ4v) is 4.24. The second-order valence-electron chi connectivity index (χ2n) is 6.78. The number of rotatable bonds is 5. The molecule has 2 saturated carbocycles. The van der Waals surface area contributed by atoms with Crippen molar-refractivity contribution < 1.29 is 14.3 Å². The van der Waals surface area contributed by atoms with E-state index in [1.807, 2.05) is 25.1 Å². The van der Waals surface area contributed by atoms with E-state index in [0.29, 0.717) is 23.3 Å². The van der Waals surface area contributed by atoms with Gasteiger partial charge in [-0.15, -0.1) is 12.4 Å². The Morgan fingerprint density at radius 1 is 1.21 bits per heavy atom. The molecule has 3 N–H and O–H groups in total. The molecule has 0 aromatic heterocycles. The Labute approximate surface area is 149 Å². The Morgan fingerprint density at radius 3 is 2.46 bits per heavy atom. The van der Waals surface area contributed by atoms with E-state index in [1.54, 1.807) is 14.2 Å². The molecule has 24 heavy (non-hydrogen) atoms. The number of benzene rings is 1. The van der Waals surface area contributed by atoms with Crippen LogP contribution < -0.4 is 20.5 Å². The van der Waals surface area contributed by atoms with E-state index < -0.39 is 0 Å². The number of methoxy groups -OCH3 is 2. The van der Waals surface area contributed by atoms with Crippen molar-refractivity contribution in [1.29, 1.82) is 0 Å². The van der Waals surface area contributed by atoms with E-state index >= 15 is 0 Å². The maximum atomic E-state index is 12.7. The van der Waals surface area contributed by atoms with Crippen molar-refractivity contribution in [1.82, 2.24) is 5.32 Å². The zero-order valence-electron chi connectivity index (χ0n) is 14.5. The van der Waals surface area contributed by atoms with Crippen LogP contribution in [-0.2, 0) is 4.79 Å². The zero-order valence-corrected chi connectivity index (χ0v) is 15.3. The predicted octanol–water partition coefficient (Wildman–Crippen LogP) is 2.68. The summed E-state index contributed by atoms with van der Waals surface area (Å²) in [6.07, 6.45) is 3.44. The Bertz CT molecular complexity index is 594. The number of nitrogens with one attached hydrogen (secondary N) is 1. The van der Waals surface area contributed by atoms with Crippen LogP contribution in [0, 0.1) is 17.8 Å². The molecule has 0 heterocycles. The normalized spacial score (nSPS) is 28.8. The van der Waals surface area contributed by atoms with Crippen molar-refractivity contribution in [3.05, 3.63) is 23.8 Å². The van der Waals surface area contributed by atoms with Crippen LogP contribution in [0.5, 0.6) is 11.5 Å². The summed E-state index contributed by atoms with van der Waals surface area (Å²) in [5.74, 6) is 2.41. The predicted molar refractivity (Wildman–Crippen MR) is 95.6 cm³/mol. The lowest BCUT2D eigenvalue weighted by Crippen LogP contribution is -2.45. The lowest BCUT2D eigenvalue weighted by atomic mass is 9.84. The standard InChI is InChI=1S/C18H26N2O3.ClH/c1-10(11-6-7-14(22-2)15(9-11)23-3)20-18(21)16-12-4-5-13(8-12)17(16)19;/h6-7,9-10,12-13,16-17H,4-5,8,19H2,1-3H3,(H,20,21);1H. The largest absolute Gasteiger partial charge is 0.493 e. The Morgan fingerprint density at radius 2 is 1.88 bits per heavy atom. The maximum Gasteiger partial charge on any atom is 0.225 e. The molecular weight excluding hydrogens is 328 g/mol. The number of fused-ring (bicyclic) bond motifs is 2. The minimum absolute atomic E-state index is 0. The van der Waals surface area contributed by atoms with Gasteiger partial charge in [-0.05, 0) is 55.7 Å². The summed E-state index contributed by atoms with van der Waals surface area (Å²) in [7, 11) is 3.22. The summed E-state index contributed by atoms with van der Waals surface area (Å²) >= 11 is 0. The molecule has 0 spiro atoms. The van der Waals surface area contributed by atoms with Gasteiger partial charge in [0.2, 0.25) is 5.91 Å². The minimum Gasteiger partial charge on any atom is -0.493 e. The van der Waals surface area contributed by atoms with Crippen molar-refractivity contribution in [2.45, 2.75) is 38.3 Å². The number of ether oxygens (including phenoxy) is 2. The Hall–Kier alpha value is -1.46. The summed E-state index contributed by atoms with van der Waals surface area (Å²) in [6.45, 7) is 1.98. The van der Waals surface area contributed by atoms with Gasteiger partial charge in [-0.25, -0.2) is 0 Å². The van der Waals surface area contributed by atoms with Crippen LogP contribution in [0.2, 0.25) is 0 Å². The second-order valence-corrected chi connectivity index (χ2v) is 6.78. The van der Waals surface area contributed by atoms with Gasteiger partial charge in [0.25, 0.3) is 0 Å². The van der Waals surface area contributed by atoms with Crippen LogP contribution in [0.15, 0.2) is 18.2 Å². The molecule has 1 amide bonds. The molecule has 1 aromatic carbocycles. The summed E-state index contributed by atoms with van der Waals surface area (Å²) in [6, 6.07) is 5.65. The van der Waals surface area contributed by atoms with Crippen LogP contribution in [0.25, 0.3) is 0 Å². The third-order valence-corrected chi connectivity index (χ3v) is 5.55. The first-order chi connectivity index (χ1) is 11.0. The summed E-state index contributed by atoms with van der Waals surface area (Å²) in [4.78, 5) is 12.7. The van der Waals surface area contributed by atoms with E-state index in [0.717, 1.165) is 18.4 Å². The quantitative estimate of drug-likeness (QED) is 0.852. The molecular formula is C18H27ClN2O3.